The van der Waals surface area contributed by atoms with Gasteiger partial charge in [0.2, 0.25) is 21.8 Å². The van der Waals surface area contributed by atoms with Crippen molar-refractivity contribution in [1.82, 2.24) is 10.2 Å². The molecule has 3 aromatic carbocycles. The maximum atomic E-state index is 14.1. The molecule has 40 heavy (non-hydrogen) atoms. The molecule has 0 radical (unpaired) electrons. The number of carbonyl (C=O) groups excluding carboxylic acids is 2. The van der Waals surface area contributed by atoms with Gasteiger partial charge in [-0.15, -0.1) is 0 Å². The Balaban J connectivity index is 2.09. The van der Waals surface area contributed by atoms with Crippen LogP contribution in [0.3, 0.4) is 0 Å². The molecule has 0 saturated heterocycles. The number of aryl methyl sites for hydroxylation is 2. The smallest absolute Gasteiger partial charge is 0.244 e. The Hall–Kier alpha value is -3.07. The van der Waals surface area contributed by atoms with Gasteiger partial charge in [-0.25, -0.2) is 8.42 Å². The molecule has 0 spiro atoms. The van der Waals surface area contributed by atoms with E-state index in [0.29, 0.717) is 21.3 Å². The van der Waals surface area contributed by atoms with Crippen molar-refractivity contribution in [2.75, 3.05) is 17.1 Å². The highest BCUT2D eigenvalue weighted by Crippen LogP contribution is 2.26. The van der Waals surface area contributed by atoms with Crippen LogP contribution in [0, 0.1) is 13.8 Å². The van der Waals surface area contributed by atoms with Gasteiger partial charge in [-0.2, -0.15) is 0 Å². The van der Waals surface area contributed by atoms with Gasteiger partial charge in [-0.3, -0.25) is 13.9 Å². The summed E-state index contributed by atoms with van der Waals surface area (Å²) < 4.78 is 27.0. The Kier molecular flexibility index (Phi) is 10.6. The summed E-state index contributed by atoms with van der Waals surface area (Å²) in [4.78, 5) is 29.1. The topological polar surface area (TPSA) is 86.8 Å². The van der Waals surface area contributed by atoms with E-state index >= 15 is 0 Å². The van der Waals surface area contributed by atoms with Crippen molar-refractivity contribution < 1.29 is 18.0 Å². The van der Waals surface area contributed by atoms with Crippen LogP contribution in [0.25, 0.3) is 0 Å². The molecule has 0 bridgehead atoms. The van der Waals surface area contributed by atoms with E-state index in [-0.39, 0.29) is 24.9 Å². The van der Waals surface area contributed by atoms with Gasteiger partial charge in [-0.05, 0) is 74.2 Å². The predicted octanol–water partition coefficient (Wildman–Crippen LogP) is 5.54. The Bertz CT molecular complexity index is 1440. The standard InChI is InChI=1S/C30H35Cl2N3O4S/c1-20(2)33-30(37)28(17-23-9-7-6-8-10-23)34(18-24-11-12-26(31)27(32)16-24)29(36)19-35(40(5,38)39)25-14-21(3)13-22(4)15-25/h6-16,20,28H,17-19H2,1-5H3,(H,33,37)/t28-/m0/s1. The maximum Gasteiger partial charge on any atom is 0.244 e. The minimum Gasteiger partial charge on any atom is -0.352 e. The van der Waals surface area contributed by atoms with Gasteiger partial charge in [0.05, 0.1) is 22.0 Å². The SMILES string of the molecule is Cc1cc(C)cc(N(CC(=O)N(Cc2ccc(Cl)c(Cl)c2)[C@@H](Cc2ccccc2)C(=O)NC(C)C)S(C)(=O)=O)c1. The molecule has 1 N–H and O–H groups in total. The zero-order valence-corrected chi connectivity index (χ0v) is 25.6. The molecule has 0 saturated carbocycles. The highest BCUT2D eigenvalue weighted by molar-refractivity contribution is 7.92. The van der Waals surface area contributed by atoms with Gasteiger partial charge in [0.25, 0.3) is 0 Å². The Morgan fingerprint density at radius 1 is 0.875 bits per heavy atom. The van der Waals surface area contributed by atoms with Crippen molar-refractivity contribution in [3.63, 3.8) is 0 Å². The summed E-state index contributed by atoms with van der Waals surface area (Å²) in [6, 6.07) is 18.6. The third-order valence-electron chi connectivity index (χ3n) is 6.21. The summed E-state index contributed by atoms with van der Waals surface area (Å²) in [5, 5.41) is 3.59. The van der Waals surface area contributed by atoms with E-state index in [4.69, 9.17) is 23.2 Å². The van der Waals surface area contributed by atoms with Gasteiger partial charge in [0, 0.05) is 19.0 Å². The molecule has 3 rings (SSSR count). The molecule has 0 fully saturated rings. The Labute approximate surface area is 247 Å². The van der Waals surface area contributed by atoms with Crippen LogP contribution >= 0.6 is 23.2 Å². The fourth-order valence-electron chi connectivity index (χ4n) is 4.48. The molecule has 0 aromatic heterocycles. The molecule has 3 aromatic rings. The summed E-state index contributed by atoms with van der Waals surface area (Å²) >= 11 is 12.4. The van der Waals surface area contributed by atoms with Gasteiger partial charge >= 0.3 is 0 Å². The highest BCUT2D eigenvalue weighted by Gasteiger charge is 2.33. The largest absolute Gasteiger partial charge is 0.352 e. The summed E-state index contributed by atoms with van der Waals surface area (Å²) in [6.45, 7) is 6.94. The van der Waals surface area contributed by atoms with Crippen molar-refractivity contribution in [3.8, 4) is 0 Å². The second-order valence-electron chi connectivity index (χ2n) is 10.3. The first-order valence-corrected chi connectivity index (χ1v) is 15.5. The molecule has 214 valence electrons. The monoisotopic (exact) mass is 603 g/mol. The molecule has 10 heteroatoms. The van der Waals surface area contributed by atoms with Crippen LogP contribution < -0.4 is 9.62 Å². The maximum absolute atomic E-state index is 14.1. The average Bonchev–Trinajstić information content (AvgIpc) is 2.85. The molecule has 2 amide bonds. The molecule has 1 atom stereocenters. The quantitative estimate of drug-likeness (QED) is 0.312. The number of amides is 2. The van der Waals surface area contributed by atoms with Crippen molar-refractivity contribution in [2.45, 2.75) is 52.7 Å². The molecule has 0 unspecified atom stereocenters. The van der Waals surface area contributed by atoms with Crippen LogP contribution in [0.15, 0.2) is 66.7 Å². The third-order valence-corrected chi connectivity index (χ3v) is 8.09. The van der Waals surface area contributed by atoms with Crippen molar-refractivity contribution in [3.05, 3.63) is 99.0 Å². The van der Waals surface area contributed by atoms with Crippen LogP contribution in [0.1, 0.15) is 36.1 Å². The van der Waals surface area contributed by atoms with Gasteiger partial charge in [-0.1, -0.05) is 65.7 Å². The zero-order chi connectivity index (χ0) is 29.6. The van der Waals surface area contributed by atoms with Crippen LogP contribution in [-0.4, -0.2) is 50.0 Å². The van der Waals surface area contributed by atoms with Crippen molar-refractivity contribution in [2.24, 2.45) is 0 Å². The normalized spacial score (nSPS) is 12.2. The number of anilines is 1. The summed E-state index contributed by atoms with van der Waals surface area (Å²) in [5.74, 6) is -0.875. The number of hydrogen-bond donors (Lipinski definition) is 1. The summed E-state index contributed by atoms with van der Waals surface area (Å²) in [7, 11) is -3.84. The zero-order valence-electron chi connectivity index (χ0n) is 23.3. The molecular formula is C30H35Cl2N3O4S. The first-order valence-electron chi connectivity index (χ1n) is 12.9. The van der Waals surface area contributed by atoms with E-state index in [1.807, 2.05) is 64.1 Å². The number of sulfonamides is 1. The van der Waals surface area contributed by atoms with Crippen LogP contribution in [0.2, 0.25) is 10.0 Å². The van der Waals surface area contributed by atoms with Gasteiger partial charge < -0.3 is 10.2 Å². The number of rotatable bonds is 11. The predicted molar refractivity (Wildman–Crippen MR) is 162 cm³/mol. The molecular weight excluding hydrogens is 569 g/mol. The molecule has 0 aliphatic rings. The number of hydrogen-bond acceptors (Lipinski definition) is 4. The minimum atomic E-state index is -3.84. The van der Waals surface area contributed by atoms with Crippen LogP contribution in [0.5, 0.6) is 0 Å². The second-order valence-corrected chi connectivity index (χ2v) is 13.0. The van der Waals surface area contributed by atoms with E-state index in [9.17, 15) is 18.0 Å². The van der Waals surface area contributed by atoms with E-state index in [0.717, 1.165) is 27.3 Å². The first kappa shape index (κ1) is 31.5. The minimum absolute atomic E-state index is 0.0170. The number of carbonyl (C=O) groups is 2. The fraction of sp³-hybridized carbons (Fsp3) is 0.333. The highest BCUT2D eigenvalue weighted by atomic mass is 35.5. The number of nitrogens with one attached hydrogen (secondary N) is 1. The molecule has 7 nitrogen and oxygen atoms in total. The molecule has 0 heterocycles. The lowest BCUT2D eigenvalue weighted by atomic mass is 10.0. The van der Waals surface area contributed by atoms with Crippen molar-refractivity contribution >= 4 is 50.7 Å². The Morgan fingerprint density at radius 2 is 1.50 bits per heavy atom. The summed E-state index contributed by atoms with van der Waals surface area (Å²) in [5.41, 5.74) is 3.61. The molecule has 0 aliphatic carbocycles. The Morgan fingerprint density at radius 3 is 2.05 bits per heavy atom. The number of halogens is 2. The van der Waals surface area contributed by atoms with Gasteiger partial charge in [0.15, 0.2) is 0 Å². The van der Waals surface area contributed by atoms with Crippen LogP contribution in [-0.2, 0) is 32.6 Å². The third kappa shape index (κ3) is 8.71. The van der Waals surface area contributed by atoms with E-state index < -0.39 is 28.5 Å². The first-order chi connectivity index (χ1) is 18.7. The average molecular weight is 605 g/mol. The van der Waals surface area contributed by atoms with Crippen LogP contribution in [0.4, 0.5) is 5.69 Å². The fourth-order valence-corrected chi connectivity index (χ4v) is 5.63. The van der Waals surface area contributed by atoms with Gasteiger partial charge in [0.1, 0.15) is 12.6 Å². The lowest BCUT2D eigenvalue weighted by molar-refractivity contribution is -0.140. The second kappa shape index (κ2) is 13.5. The van der Waals surface area contributed by atoms with E-state index in [1.165, 1.54) is 4.90 Å². The number of nitrogens with zero attached hydrogens (tertiary/aromatic N) is 2. The lowest BCUT2D eigenvalue weighted by Crippen LogP contribution is -2.54. The lowest BCUT2D eigenvalue weighted by Gasteiger charge is -2.34. The van der Waals surface area contributed by atoms with E-state index in [2.05, 4.69) is 5.32 Å². The van der Waals surface area contributed by atoms with E-state index in [1.54, 1.807) is 30.3 Å². The molecule has 0 aliphatic heterocycles. The number of benzene rings is 3. The van der Waals surface area contributed by atoms with Crippen molar-refractivity contribution in [1.29, 1.82) is 0 Å². The summed E-state index contributed by atoms with van der Waals surface area (Å²) in [6.07, 6.45) is 1.29.